The third kappa shape index (κ3) is 7.03. The van der Waals surface area contributed by atoms with E-state index >= 15 is 0 Å². The number of sulfone groups is 1. The van der Waals surface area contributed by atoms with Crippen molar-refractivity contribution in [2.24, 2.45) is 0 Å². The Kier molecular flexibility index (Phi) is 9.04. The highest BCUT2D eigenvalue weighted by atomic mass is 35.5. The predicted molar refractivity (Wildman–Crippen MR) is 152 cm³/mol. The highest BCUT2D eigenvalue weighted by Crippen LogP contribution is 2.30. The van der Waals surface area contributed by atoms with E-state index in [2.05, 4.69) is 10.6 Å². The van der Waals surface area contributed by atoms with Gasteiger partial charge in [-0.3, -0.25) is 0 Å². The Bertz CT molecular complexity index is 1480. The second-order valence-electron chi connectivity index (χ2n) is 9.22. The van der Waals surface area contributed by atoms with Crippen LogP contribution in [0.1, 0.15) is 42.1 Å². The molecule has 0 fully saturated rings. The predicted octanol–water partition coefficient (Wildman–Crippen LogP) is 6.36. The number of amides is 3. The molecule has 0 spiro atoms. The van der Waals surface area contributed by atoms with Crippen LogP contribution in [0.25, 0.3) is 0 Å². The molecule has 0 aliphatic carbocycles. The summed E-state index contributed by atoms with van der Waals surface area (Å²) < 4.78 is 31.3. The van der Waals surface area contributed by atoms with Gasteiger partial charge in [-0.25, -0.2) is 18.0 Å². The van der Waals surface area contributed by atoms with Gasteiger partial charge in [-0.2, -0.15) is 0 Å². The van der Waals surface area contributed by atoms with E-state index in [1.807, 2.05) is 12.1 Å². The van der Waals surface area contributed by atoms with Crippen LogP contribution in [0.4, 0.5) is 15.3 Å². The number of urea groups is 1. The van der Waals surface area contributed by atoms with Crippen molar-refractivity contribution in [2.75, 3.05) is 18.5 Å². The van der Waals surface area contributed by atoms with Gasteiger partial charge in [-0.15, -0.1) is 0 Å². The maximum absolute atomic E-state index is 13.1. The molecule has 1 heterocycles. The molecule has 4 rings (SSSR count). The smallest absolute Gasteiger partial charge is 0.410 e. The molecule has 0 saturated carbocycles. The number of hydrogen-bond acceptors (Lipinski definition) is 5. The minimum atomic E-state index is -3.62. The van der Waals surface area contributed by atoms with Crippen molar-refractivity contribution in [3.8, 4) is 0 Å². The van der Waals surface area contributed by atoms with Gasteiger partial charge in [0.05, 0.1) is 33.3 Å². The van der Waals surface area contributed by atoms with Crippen LogP contribution in [0, 0.1) is 0 Å². The molecule has 3 aromatic carbocycles. The Morgan fingerprint density at radius 2 is 1.79 bits per heavy atom. The van der Waals surface area contributed by atoms with E-state index in [0.29, 0.717) is 53.0 Å². The number of carbonyl (C=O) groups excluding carboxylic acids is 2. The Labute approximate surface area is 238 Å². The van der Waals surface area contributed by atoms with Crippen LogP contribution in [0.3, 0.4) is 0 Å². The van der Waals surface area contributed by atoms with Crippen LogP contribution < -0.4 is 10.6 Å². The normalized spacial score (nSPS) is 13.8. The van der Waals surface area contributed by atoms with Crippen molar-refractivity contribution >= 4 is 50.9 Å². The van der Waals surface area contributed by atoms with Crippen LogP contribution in [0.15, 0.2) is 65.6 Å². The molecule has 1 aliphatic heterocycles. The van der Waals surface area contributed by atoms with E-state index in [1.54, 1.807) is 55.1 Å². The molecule has 3 amide bonds. The largest absolute Gasteiger partial charge is 0.450 e. The Morgan fingerprint density at radius 3 is 2.51 bits per heavy atom. The highest BCUT2D eigenvalue weighted by molar-refractivity contribution is 7.90. The van der Waals surface area contributed by atoms with E-state index in [4.69, 9.17) is 27.9 Å². The molecule has 0 radical (unpaired) electrons. The topological polar surface area (TPSA) is 105 Å². The molecule has 1 aliphatic rings. The van der Waals surface area contributed by atoms with Gasteiger partial charge in [0.15, 0.2) is 9.84 Å². The number of hydrogen-bond donors (Lipinski definition) is 2. The highest BCUT2D eigenvalue weighted by Gasteiger charge is 2.23. The second kappa shape index (κ2) is 12.3. The van der Waals surface area contributed by atoms with Gasteiger partial charge in [0.1, 0.15) is 0 Å². The summed E-state index contributed by atoms with van der Waals surface area (Å²) in [4.78, 5) is 26.3. The maximum Gasteiger partial charge on any atom is 0.410 e. The van der Waals surface area contributed by atoms with Crippen molar-refractivity contribution in [3.05, 3.63) is 93.0 Å². The summed E-state index contributed by atoms with van der Waals surface area (Å²) >= 11 is 12.3. The molecule has 3 aromatic rings. The first-order chi connectivity index (χ1) is 18.6. The van der Waals surface area contributed by atoms with Gasteiger partial charge in [-0.1, -0.05) is 53.5 Å². The summed E-state index contributed by atoms with van der Waals surface area (Å²) in [6.45, 7) is 4.83. The zero-order valence-corrected chi connectivity index (χ0v) is 23.9. The third-order valence-corrected chi connectivity index (χ3v) is 8.97. The number of nitrogens with one attached hydrogen (secondary N) is 2. The molecule has 0 saturated heterocycles. The molecule has 0 unspecified atom stereocenters. The maximum atomic E-state index is 13.1. The fourth-order valence-electron chi connectivity index (χ4n) is 4.41. The van der Waals surface area contributed by atoms with E-state index in [-0.39, 0.29) is 16.7 Å². The summed E-state index contributed by atoms with van der Waals surface area (Å²) in [5, 5.41) is 6.26. The number of benzene rings is 3. The van der Waals surface area contributed by atoms with Crippen molar-refractivity contribution in [1.82, 2.24) is 10.2 Å². The van der Waals surface area contributed by atoms with Gasteiger partial charge < -0.3 is 20.3 Å². The van der Waals surface area contributed by atoms with Crippen molar-refractivity contribution < 1.29 is 22.7 Å². The molecule has 1 atom stereocenters. The van der Waals surface area contributed by atoms with E-state index < -0.39 is 21.9 Å². The second-order valence-corrected chi connectivity index (χ2v) is 12.0. The molecule has 2 N–H and O–H groups in total. The van der Waals surface area contributed by atoms with Gasteiger partial charge in [0.2, 0.25) is 0 Å². The molecule has 39 heavy (non-hydrogen) atoms. The fraction of sp³-hybridized carbons (Fsp3) is 0.286. The zero-order valence-electron chi connectivity index (χ0n) is 21.5. The first kappa shape index (κ1) is 28.7. The average Bonchev–Trinajstić information content (AvgIpc) is 2.90. The lowest BCUT2D eigenvalue weighted by Gasteiger charge is -2.28. The average molecular weight is 591 g/mol. The lowest BCUT2D eigenvalue weighted by molar-refractivity contribution is 0.102. The number of nitrogens with zero attached hydrogens (tertiary/aromatic N) is 1. The van der Waals surface area contributed by atoms with Gasteiger partial charge in [0.25, 0.3) is 0 Å². The minimum absolute atomic E-state index is 0.152. The van der Waals surface area contributed by atoms with Crippen LogP contribution in [0.2, 0.25) is 10.0 Å². The van der Waals surface area contributed by atoms with Crippen molar-refractivity contribution in [2.45, 2.75) is 43.5 Å². The van der Waals surface area contributed by atoms with Crippen LogP contribution in [0.5, 0.6) is 0 Å². The number of fused-ring (bicyclic) bond motifs is 1. The number of carbonyl (C=O) groups is 2. The molecular weight excluding hydrogens is 561 g/mol. The Balaban J connectivity index is 1.37. The van der Waals surface area contributed by atoms with Gasteiger partial charge in [-0.05, 0) is 72.9 Å². The summed E-state index contributed by atoms with van der Waals surface area (Å²) in [5.74, 6) is -0.160. The molecule has 0 aromatic heterocycles. The standard InChI is InChI=1S/C28H29Cl2N3O5S/c1-3-38-28(35)33-14-13-20-15-19(7-8-21(20)16-33)17-39(36,37)23-11-9-22(10-12-23)32-27(34)31-18(2)24-5-4-6-25(29)26(24)30/h4-12,15,18H,3,13-14,16-17H2,1-2H3,(H2,31,32,34)/t18-/m0/s1. The fourth-order valence-corrected chi connectivity index (χ4v) is 6.22. The summed E-state index contributed by atoms with van der Waals surface area (Å²) in [6.07, 6.45) is 0.289. The minimum Gasteiger partial charge on any atom is -0.450 e. The first-order valence-electron chi connectivity index (χ1n) is 12.4. The van der Waals surface area contributed by atoms with Crippen LogP contribution >= 0.6 is 23.2 Å². The van der Waals surface area contributed by atoms with Crippen molar-refractivity contribution in [3.63, 3.8) is 0 Å². The SMILES string of the molecule is CCOC(=O)N1CCc2cc(CS(=O)(=O)c3ccc(NC(=O)N[C@@H](C)c4cccc(Cl)c4Cl)cc3)ccc2C1. The van der Waals surface area contributed by atoms with Crippen molar-refractivity contribution in [1.29, 1.82) is 0 Å². The summed E-state index contributed by atoms with van der Waals surface area (Å²) in [7, 11) is -3.62. The third-order valence-electron chi connectivity index (χ3n) is 6.43. The number of halogens is 2. The number of rotatable bonds is 7. The number of ether oxygens (including phenoxy) is 1. The summed E-state index contributed by atoms with van der Waals surface area (Å²) in [5.41, 5.74) is 3.81. The van der Waals surface area contributed by atoms with E-state index in [0.717, 1.165) is 11.1 Å². The van der Waals surface area contributed by atoms with Crippen LogP contribution in [-0.4, -0.2) is 38.6 Å². The molecular formula is C28H29Cl2N3O5S. The van der Waals surface area contributed by atoms with Gasteiger partial charge in [0, 0.05) is 18.8 Å². The molecule has 11 heteroatoms. The summed E-state index contributed by atoms with van der Waals surface area (Å²) in [6, 6.07) is 15.9. The van der Waals surface area contributed by atoms with E-state index in [1.165, 1.54) is 12.1 Å². The lowest BCUT2D eigenvalue weighted by atomic mass is 9.98. The molecule has 206 valence electrons. The monoisotopic (exact) mass is 589 g/mol. The van der Waals surface area contributed by atoms with Crippen LogP contribution in [-0.2, 0) is 33.3 Å². The lowest BCUT2D eigenvalue weighted by Crippen LogP contribution is -2.36. The zero-order chi connectivity index (χ0) is 28.2. The first-order valence-corrected chi connectivity index (χ1v) is 14.8. The number of anilines is 1. The molecule has 0 bridgehead atoms. The quantitative estimate of drug-likeness (QED) is 0.333. The van der Waals surface area contributed by atoms with Gasteiger partial charge >= 0.3 is 12.1 Å². The Hall–Kier alpha value is -3.27. The van der Waals surface area contributed by atoms with E-state index in [9.17, 15) is 18.0 Å². The molecule has 8 nitrogen and oxygen atoms in total. The Morgan fingerprint density at radius 1 is 1.05 bits per heavy atom.